The number of rotatable bonds is 5. The summed E-state index contributed by atoms with van der Waals surface area (Å²) in [6.45, 7) is 6.24. The molecule has 0 aliphatic carbocycles. The van der Waals surface area contributed by atoms with E-state index in [1.165, 1.54) is 22.4 Å². The first-order chi connectivity index (χ1) is 10.2. The average Bonchev–Trinajstić information content (AvgIpc) is 2.95. The highest BCUT2D eigenvalue weighted by Gasteiger charge is 2.11. The summed E-state index contributed by atoms with van der Waals surface area (Å²) in [5.41, 5.74) is 5.32. The topological polar surface area (TPSA) is 21.3 Å². The van der Waals surface area contributed by atoms with Crippen molar-refractivity contribution in [3.63, 3.8) is 0 Å². The van der Waals surface area contributed by atoms with Gasteiger partial charge in [-0.2, -0.15) is 0 Å². The van der Waals surface area contributed by atoms with Crippen LogP contribution in [0.3, 0.4) is 0 Å². The van der Waals surface area contributed by atoms with Crippen LogP contribution >= 0.6 is 0 Å². The van der Waals surface area contributed by atoms with Crippen molar-refractivity contribution in [2.24, 2.45) is 0 Å². The third-order valence-corrected chi connectivity index (χ3v) is 4.07. The minimum Gasteiger partial charge on any atom is -0.493 e. The van der Waals surface area contributed by atoms with Crippen LogP contribution in [0.25, 0.3) is 0 Å². The predicted octanol–water partition coefficient (Wildman–Crippen LogP) is 4.40. The molecule has 2 aromatic rings. The maximum absolute atomic E-state index is 5.54. The molecule has 0 saturated heterocycles. The largest absolute Gasteiger partial charge is 0.493 e. The second-order valence-electron chi connectivity index (χ2n) is 5.99. The van der Waals surface area contributed by atoms with Crippen molar-refractivity contribution in [2.75, 3.05) is 18.5 Å². The molecule has 0 radical (unpaired) electrons. The first kappa shape index (κ1) is 14.0. The van der Waals surface area contributed by atoms with E-state index in [2.05, 4.69) is 61.6 Å². The molecule has 21 heavy (non-hydrogen) atoms. The fraction of sp³-hybridized carbons (Fsp3) is 0.368. The Morgan fingerprint density at radius 1 is 1.10 bits per heavy atom. The number of nitrogens with one attached hydrogen (secondary N) is 1. The smallest absolute Gasteiger partial charge is 0.122 e. The van der Waals surface area contributed by atoms with Crippen molar-refractivity contribution < 1.29 is 4.74 Å². The maximum Gasteiger partial charge on any atom is 0.122 e. The number of hydrogen-bond donors (Lipinski definition) is 1. The van der Waals surface area contributed by atoms with Gasteiger partial charge in [0.25, 0.3) is 0 Å². The van der Waals surface area contributed by atoms with Gasteiger partial charge in [-0.15, -0.1) is 0 Å². The van der Waals surface area contributed by atoms with Crippen LogP contribution in [-0.2, 0) is 12.8 Å². The number of benzene rings is 2. The highest BCUT2D eigenvalue weighted by Crippen LogP contribution is 2.26. The van der Waals surface area contributed by atoms with Gasteiger partial charge < -0.3 is 10.1 Å². The normalized spacial score (nSPS) is 13.1. The molecule has 0 aromatic heterocycles. The van der Waals surface area contributed by atoms with Crippen molar-refractivity contribution in [1.29, 1.82) is 0 Å². The molecule has 2 nitrogen and oxygen atoms in total. The quantitative estimate of drug-likeness (QED) is 0.877. The van der Waals surface area contributed by atoms with Gasteiger partial charge >= 0.3 is 0 Å². The van der Waals surface area contributed by atoms with E-state index in [-0.39, 0.29) is 0 Å². The van der Waals surface area contributed by atoms with Gasteiger partial charge in [0.1, 0.15) is 5.75 Å². The Morgan fingerprint density at radius 3 is 2.67 bits per heavy atom. The molecule has 0 unspecified atom stereocenters. The molecule has 1 heterocycles. The van der Waals surface area contributed by atoms with Crippen LogP contribution < -0.4 is 10.1 Å². The lowest BCUT2D eigenvalue weighted by atomic mass is 10.0. The van der Waals surface area contributed by atoms with Gasteiger partial charge in [-0.25, -0.2) is 0 Å². The van der Waals surface area contributed by atoms with E-state index in [1.54, 1.807) is 0 Å². The Bertz CT molecular complexity index is 601. The van der Waals surface area contributed by atoms with E-state index >= 15 is 0 Å². The molecule has 0 bridgehead atoms. The molecular weight excluding hydrogens is 258 g/mol. The minimum absolute atomic E-state index is 0.590. The predicted molar refractivity (Wildman–Crippen MR) is 88.4 cm³/mol. The lowest BCUT2D eigenvalue weighted by Crippen LogP contribution is -2.05. The van der Waals surface area contributed by atoms with Crippen molar-refractivity contribution in [2.45, 2.75) is 32.6 Å². The van der Waals surface area contributed by atoms with Gasteiger partial charge in [0.2, 0.25) is 0 Å². The zero-order valence-corrected chi connectivity index (χ0v) is 12.9. The summed E-state index contributed by atoms with van der Waals surface area (Å²) in [5.74, 6) is 1.66. The zero-order valence-electron chi connectivity index (χ0n) is 12.9. The van der Waals surface area contributed by atoms with E-state index in [9.17, 15) is 0 Å². The monoisotopic (exact) mass is 281 g/mol. The molecule has 0 atom stereocenters. The third kappa shape index (κ3) is 3.38. The summed E-state index contributed by atoms with van der Waals surface area (Å²) in [6, 6.07) is 15.3. The molecule has 1 aliphatic heterocycles. The fourth-order valence-corrected chi connectivity index (χ4v) is 2.73. The molecule has 3 rings (SSSR count). The van der Waals surface area contributed by atoms with Crippen molar-refractivity contribution in [3.8, 4) is 5.75 Å². The Kier molecular flexibility index (Phi) is 4.14. The molecule has 2 heteroatoms. The van der Waals surface area contributed by atoms with Crippen molar-refractivity contribution in [1.82, 2.24) is 0 Å². The Morgan fingerprint density at radius 2 is 1.90 bits per heavy atom. The van der Waals surface area contributed by atoms with Gasteiger partial charge in [0.05, 0.1) is 6.61 Å². The molecule has 0 spiro atoms. The van der Waals surface area contributed by atoms with E-state index < -0.39 is 0 Å². The van der Waals surface area contributed by atoms with Gasteiger partial charge in [-0.05, 0) is 47.2 Å². The van der Waals surface area contributed by atoms with E-state index in [4.69, 9.17) is 4.74 Å². The third-order valence-electron chi connectivity index (χ3n) is 4.07. The Hall–Kier alpha value is -1.96. The van der Waals surface area contributed by atoms with E-state index in [0.717, 1.165) is 31.7 Å². The van der Waals surface area contributed by atoms with Crippen LogP contribution in [0.4, 0.5) is 5.69 Å². The summed E-state index contributed by atoms with van der Waals surface area (Å²) in [4.78, 5) is 0. The molecule has 1 N–H and O–H groups in total. The zero-order chi connectivity index (χ0) is 14.7. The summed E-state index contributed by atoms with van der Waals surface area (Å²) < 4.78 is 5.54. The van der Waals surface area contributed by atoms with Crippen molar-refractivity contribution >= 4 is 5.69 Å². The maximum atomic E-state index is 5.54. The van der Waals surface area contributed by atoms with Crippen LogP contribution in [0, 0.1) is 0 Å². The highest BCUT2D eigenvalue weighted by molar-refractivity contribution is 5.45. The fourth-order valence-electron chi connectivity index (χ4n) is 2.73. The first-order valence-corrected chi connectivity index (χ1v) is 7.81. The number of anilines is 1. The summed E-state index contributed by atoms with van der Waals surface area (Å²) in [5, 5.41) is 3.50. The van der Waals surface area contributed by atoms with Gasteiger partial charge in [-0.1, -0.05) is 38.1 Å². The molecule has 0 amide bonds. The summed E-state index contributed by atoms with van der Waals surface area (Å²) in [6.07, 6.45) is 2.09. The van der Waals surface area contributed by atoms with Crippen LogP contribution in [0.2, 0.25) is 0 Å². The highest BCUT2D eigenvalue weighted by atomic mass is 16.5. The van der Waals surface area contributed by atoms with Gasteiger partial charge in [0.15, 0.2) is 0 Å². The standard InChI is InChI=1S/C19H23NO/c1-14(2)16-4-6-18(7-5-16)20-11-9-15-3-8-19-17(13-15)10-12-21-19/h3-8,13-14,20H,9-12H2,1-2H3. The second kappa shape index (κ2) is 6.21. The lowest BCUT2D eigenvalue weighted by molar-refractivity contribution is 0.357. The average molecular weight is 281 g/mol. The molecule has 2 aromatic carbocycles. The Balaban J connectivity index is 1.54. The van der Waals surface area contributed by atoms with Gasteiger partial charge in [0, 0.05) is 18.7 Å². The van der Waals surface area contributed by atoms with Crippen molar-refractivity contribution in [3.05, 3.63) is 59.2 Å². The van der Waals surface area contributed by atoms with E-state index in [0.29, 0.717) is 5.92 Å². The number of hydrogen-bond acceptors (Lipinski definition) is 2. The number of fused-ring (bicyclic) bond motifs is 1. The summed E-state index contributed by atoms with van der Waals surface area (Å²) >= 11 is 0. The lowest BCUT2D eigenvalue weighted by Gasteiger charge is -2.10. The first-order valence-electron chi connectivity index (χ1n) is 7.81. The van der Waals surface area contributed by atoms with Gasteiger partial charge in [-0.3, -0.25) is 0 Å². The van der Waals surface area contributed by atoms with Crippen LogP contribution in [0.15, 0.2) is 42.5 Å². The minimum atomic E-state index is 0.590. The second-order valence-corrected chi connectivity index (χ2v) is 5.99. The van der Waals surface area contributed by atoms with E-state index in [1.807, 2.05) is 0 Å². The number of ether oxygens (including phenoxy) is 1. The van der Waals surface area contributed by atoms with Crippen LogP contribution in [-0.4, -0.2) is 13.2 Å². The van der Waals surface area contributed by atoms with Crippen LogP contribution in [0.5, 0.6) is 5.75 Å². The SMILES string of the molecule is CC(C)c1ccc(NCCc2ccc3c(c2)CCO3)cc1. The molecular formula is C19H23NO. The summed E-state index contributed by atoms with van der Waals surface area (Å²) in [7, 11) is 0. The molecule has 1 aliphatic rings. The van der Waals surface area contributed by atoms with Crippen LogP contribution in [0.1, 0.15) is 36.5 Å². The molecule has 0 saturated carbocycles. The molecule has 110 valence electrons. The molecule has 0 fully saturated rings. The Labute approximate surface area is 127 Å².